The van der Waals surface area contributed by atoms with E-state index < -0.39 is 0 Å². The van der Waals surface area contributed by atoms with Crippen molar-refractivity contribution in [2.45, 2.75) is 58.9 Å². The molecule has 2 rings (SSSR count). The van der Waals surface area contributed by atoms with E-state index in [1.807, 2.05) is 4.68 Å². The van der Waals surface area contributed by atoms with E-state index in [2.05, 4.69) is 38.2 Å². The van der Waals surface area contributed by atoms with Gasteiger partial charge in [0.1, 0.15) is 0 Å². The standard InChI is InChI=1S/C15H27N3/c1-5-16-15(13-9-7-6-8-10-13)14-11(2)17-18(4)12(14)3/h13,15-16H,5-10H2,1-4H3. The van der Waals surface area contributed by atoms with Gasteiger partial charge in [-0.25, -0.2) is 0 Å². The Morgan fingerprint density at radius 1 is 1.28 bits per heavy atom. The molecule has 0 aliphatic heterocycles. The molecule has 1 aromatic heterocycles. The molecule has 1 aliphatic carbocycles. The molecule has 1 N–H and O–H groups in total. The van der Waals surface area contributed by atoms with Crippen molar-refractivity contribution in [3.8, 4) is 0 Å². The Morgan fingerprint density at radius 3 is 2.44 bits per heavy atom. The minimum atomic E-state index is 0.504. The van der Waals surface area contributed by atoms with E-state index in [1.54, 1.807) is 0 Å². The van der Waals surface area contributed by atoms with Gasteiger partial charge in [0.15, 0.2) is 0 Å². The molecule has 102 valence electrons. The van der Waals surface area contributed by atoms with Crippen molar-refractivity contribution in [3.05, 3.63) is 17.0 Å². The highest BCUT2D eigenvalue weighted by Gasteiger charge is 2.28. The molecule has 1 unspecified atom stereocenters. The summed E-state index contributed by atoms with van der Waals surface area (Å²) in [6, 6.07) is 0.504. The summed E-state index contributed by atoms with van der Waals surface area (Å²) in [6.45, 7) is 7.59. The molecule has 0 saturated heterocycles. The van der Waals surface area contributed by atoms with Gasteiger partial charge in [-0.05, 0) is 39.2 Å². The molecule has 1 atom stereocenters. The van der Waals surface area contributed by atoms with Gasteiger partial charge in [-0.1, -0.05) is 26.2 Å². The first-order valence-corrected chi connectivity index (χ1v) is 7.38. The molecule has 1 saturated carbocycles. The minimum Gasteiger partial charge on any atom is -0.310 e. The van der Waals surface area contributed by atoms with Crippen molar-refractivity contribution < 1.29 is 0 Å². The molecule has 18 heavy (non-hydrogen) atoms. The lowest BCUT2D eigenvalue weighted by Gasteiger charge is -2.31. The van der Waals surface area contributed by atoms with Crippen LogP contribution in [0.1, 0.15) is 62.0 Å². The molecule has 1 aliphatic rings. The first kappa shape index (κ1) is 13.6. The molecule has 0 radical (unpaired) electrons. The fourth-order valence-corrected chi connectivity index (χ4v) is 3.43. The minimum absolute atomic E-state index is 0.504. The second kappa shape index (κ2) is 5.87. The van der Waals surface area contributed by atoms with Crippen molar-refractivity contribution in [3.63, 3.8) is 0 Å². The van der Waals surface area contributed by atoms with Gasteiger partial charge < -0.3 is 5.32 Å². The summed E-state index contributed by atoms with van der Waals surface area (Å²) in [5, 5.41) is 8.30. The van der Waals surface area contributed by atoms with Crippen LogP contribution in [0.5, 0.6) is 0 Å². The summed E-state index contributed by atoms with van der Waals surface area (Å²) in [4.78, 5) is 0. The van der Waals surface area contributed by atoms with Crippen LogP contribution in [0, 0.1) is 19.8 Å². The van der Waals surface area contributed by atoms with Gasteiger partial charge in [-0.3, -0.25) is 4.68 Å². The van der Waals surface area contributed by atoms with Crippen LogP contribution in [0.15, 0.2) is 0 Å². The largest absolute Gasteiger partial charge is 0.310 e. The van der Waals surface area contributed by atoms with Gasteiger partial charge in [0.05, 0.1) is 5.69 Å². The van der Waals surface area contributed by atoms with E-state index in [0.29, 0.717) is 6.04 Å². The van der Waals surface area contributed by atoms with Crippen LogP contribution in [-0.2, 0) is 7.05 Å². The SMILES string of the molecule is CCNC(c1c(C)nn(C)c1C)C1CCCCC1. The van der Waals surface area contributed by atoms with Crippen molar-refractivity contribution in [1.29, 1.82) is 0 Å². The summed E-state index contributed by atoms with van der Waals surface area (Å²) < 4.78 is 2.03. The number of aryl methyl sites for hydroxylation is 2. The second-order valence-electron chi connectivity index (χ2n) is 5.64. The van der Waals surface area contributed by atoms with Gasteiger partial charge in [0.2, 0.25) is 0 Å². The molecule has 0 aromatic carbocycles. The second-order valence-corrected chi connectivity index (χ2v) is 5.64. The number of nitrogens with zero attached hydrogens (tertiary/aromatic N) is 2. The average molecular weight is 249 g/mol. The molecular weight excluding hydrogens is 222 g/mol. The average Bonchev–Trinajstić information content (AvgIpc) is 2.62. The zero-order valence-corrected chi connectivity index (χ0v) is 12.3. The molecule has 1 fully saturated rings. The van der Waals surface area contributed by atoms with Crippen molar-refractivity contribution in [1.82, 2.24) is 15.1 Å². The van der Waals surface area contributed by atoms with Crippen molar-refractivity contribution in [2.24, 2.45) is 13.0 Å². The van der Waals surface area contributed by atoms with Gasteiger partial charge in [-0.2, -0.15) is 5.10 Å². The van der Waals surface area contributed by atoms with Crippen LogP contribution in [0.3, 0.4) is 0 Å². The lowest BCUT2D eigenvalue weighted by Crippen LogP contribution is -2.30. The first-order chi connectivity index (χ1) is 8.65. The lowest BCUT2D eigenvalue weighted by atomic mass is 9.80. The fraction of sp³-hybridized carbons (Fsp3) is 0.800. The predicted molar refractivity (Wildman–Crippen MR) is 75.7 cm³/mol. The third kappa shape index (κ3) is 2.61. The predicted octanol–water partition coefficient (Wildman–Crippen LogP) is 3.27. The van der Waals surface area contributed by atoms with E-state index in [-0.39, 0.29) is 0 Å². The summed E-state index contributed by atoms with van der Waals surface area (Å²) in [5.41, 5.74) is 3.97. The maximum atomic E-state index is 4.59. The highest BCUT2D eigenvalue weighted by Crippen LogP contribution is 2.36. The van der Waals surface area contributed by atoms with E-state index in [1.165, 1.54) is 49.1 Å². The Kier molecular flexibility index (Phi) is 4.44. The van der Waals surface area contributed by atoms with Gasteiger partial charge in [-0.15, -0.1) is 0 Å². The number of hydrogen-bond donors (Lipinski definition) is 1. The normalized spacial score (nSPS) is 19.1. The maximum absolute atomic E-state index is 4.59. The third-order valence-corrected chi connectivity index (χ3v) is 4.42. The topological polar surface area (TPSA) is 29.9 Å². The van der Waals surface area contributed by atoms with Crippen LogP contribution >= 0.6 is 0 Å². The molecule has 0 spiro atoms. The summed E-state index contributed by atoms with van der Waals surface area (Å²) >= 11 is 0. The van der Waals surface area contributed by atoms with Gasteiger partial charge in [0, 0.05) is 24.3 Å². The van der Waals surface area contributed by atoms with E-state index in [9.17, 15) is 0 Å². The highest BCUT2D eigenvalue weighted by atomic mass is 15.3. The van der Waals surface area contributed by atoms with Crippen LogP contribution in [0.25, 0.3) is 0 Å². The molecule has 3 nitrogen and oxygen atoms in total. The molecule has 1 aromatic rings. The lowest BCUT2D eigenvalue weighted by molar-refractivity contribution is 0.273. The monoisotopic (exact) mass is 249 g/mol. The van der Waals surface area contributed by atoms with Crippen LogP contribution < -0.4 is 5.32 Å². The summed E-state index contributed by atoms with van der Waals surface area (Å²) in [5.74, 6) is 0.792. The Balaban J connectivity index is 2.28. The Morgan fingerprint density at radius 2 is 1.94 bits per heavy atom. The smallest absolute Gasteiger partial charge is 0.0644 e. The zero-order chi connectivity index (χ0) is 13.1. The fourth-order valence-electron chi connectivity index (χ4n) is 3.43. The summed E-state index contributed by atoms with van der Waals surface area (Å²) in [6.07, 6.45) is 6.94. The maximum Gasteiger partial charge on any atom is 0.0644 e. The Labute approximate surface area is 111 Å². The molecule has 1 heterocycles. The van der Waals surface area contributed by atoms with E-state index in [0.717, 1.165) is 12.5 Å². The highest BCUT2D eigenvalue weighted by molar-refractivity contribution is 5.29. The van der Waals surface area contributed by atoms with Crippen LogP contribution in [-0.4, -0.2) is 16.3 Å². The van der Waals surface area contributed by atoms with Crippen molar-refractivity contribution >= 4 is 0 Å². The number of hydrogen-bond acceptors (Lipinski definition) is 2. The third-order valence-electron chi connectivity index (χ3n) is 4.42. The van der Waals surface area contributed by atoms with Gasteiger partial charge >= 0.3 is 0 Å². The molecule has 3 heteroatoms. The van der Waals surface area contributed by atoms with E-state index >= 15 is 0 Å². The summed E-state index contributed by atoms with van der Waals surface area (Å²) in [7, 11) is 2.05. The van der Waals surface area contributed by atoms with Crippen LogP contribution in [0.2, 0.25) is 0 Å². The zero-order valence-electron chi connectivity index (χ0n) is 12.3. The number of aromatic nitrogens is 2. The van der Waals surface area contributed by atoms with Crippen molar-refractivity contribution in [2.75, 3.05) is 6.54 Å². The van der Waals surface area contributed by atoms with Crippen LogP contribution in [0.4, 0.5) is 0 Å². The number of nitrogens with one attached hydrogen (secondary N) is 1. The molecular formula is C15H27N3. The Bertz CT molecular complexity index is 389. The first-order valence-electron chi connectivity index (χ1n) is 7.38. The van der Waals surface area contributed by atoms with E-state index in [4.69, 9.17) is 0 Å². The molecule has 0 bridgehead atoms. The quantitative estimate of drug-likeness (QED) is 0.887. The van der Waals surface area contributed by atoms with Gasteiger partial charge in [0.25, 0.3) is 0 Å². The molecule has 0 amide bonds. The Hall–Kier alpha value is -0.830. The number of rotatable bonds is 4.